The van der Waals surface area contributed by atoms with E-state index in [9.17, 15) is 4.79 Å². The van der Waals surface area contributed by atoms with Gasteiger partial charge in [-0.05, 0) is 32.9 Å². The fourth-order valence-corrected chi connectivity index (χ4v) is 1.32. The summed E-state index contributed by atoms with van der Waals surface area (Å²) in [7, 11) is 0. The van der Waals surface area contributed by atoms with Crippen LogP contribution in [0.4, 0.5) is 16.2 Å². The normalized spacial score (nSPS) is 10.5. The maximum atomic E-state index is 11.5. The number of hydrogen-bond acceptors (Lipinski definition) is 2. The van der Waals surface area contributed by atoms with E-state index in [2.05, 4.69) is 10.2 Å². The molecule has 0 atom stereocenters. The molecular formula is C12H13ClN2O2. The Morgan fingerprint density at radius 3 is 2.59 bits per heavy atom. The van der Waals surface area contributed by atoms with Crippen LogP contribution in [0.15, 0.2) is 18.2 Å². The van der Waals surface area contributed by atoms with E-state index in [0.29, 0.717) is 16.4 Å². The van der Waals surface area contributed by atoms with E-state index < -0.39 is 11.7 Å². The Bertz CT molecular complexity index is 472. The summed E-state index contributed by atoms with van der Waals surface area (Å²) in [6, 6.07) is 4.66. The fourth-order valence-electron chi connectivity index (χ4n) is 1.10. The molecule has 17 heavy (non-hydrogen) atoms. The molecule has 1 aromatic carbocycles. The van der Waals surface area contributed by atoms with Gasteiger partial charge in [-0.1, -0.05) is 17.7 Å². The largest absolute Gasteiger partial charge is 0.444 e. The molecule has 0 unspecified atom stereocenters. The van der Waals surface area contributed by atoms with Gasteiger partial charge in [0.2, 0.25) is 5.69 Å². The second-order valence-electron chi connectivity index (χ2n) is 4.40. The maximum Gasteiger partial charge on any atom is 0.412 e. The molecule has 4 nitrogen and oxygen atoms in total. The minimum atomic E-state index is -0.552. The van der Waals surface area contributed by atoms with Crippen molar-refractivity contribution in [2.75, 3.05) is 5.32 Å². The van der Waals surface area contributed by atoms with Gasteiger partial charge in [-0.3, -0.25) is 5.32 Å². The van der Waals surface area contributed by atoms with E-state index in [-0.39, 0.29) is 0 Å². The number of amides is 1. The first kappa shape index (κ1) is 13.3. The quantitative estimate of drug-likeness (QED) is 0.760. The Kier molecular flexibility index (Phi) is 3.97. The SMILES string of the molecule is [C-]#[N+]c1ccc(NC(=O)OC(C)(C)C)cc1Cl. The van der Waals surface area contributed by atoms with Crippen LogP contribution in [0, 0.1) is 6.57 Å². The average Bonchev–Trinajstić information content (AvgIpc) is 2.14. The van der Waals surface area contributed by atoms with E-state index in [1.807, 2.05) is 0 Å². The van der Waals surface area contributed by atoms with Crippen molar-refractivity contribution in [1.82, 2.24) is 0 Å². The maximum absolute atomic E-state index is 11.5. The number of anilines is 1. The van der Waals surface area contributed by atoms with Gasteiger partial charge in [-0.2, -0.15) is 0 Å². The molecule has 90 valence electrons. The number of carbonyl (C=O) groups excluding carboxylic acids is 1. The Labute approximate surface area is 105 Å². The third-order valence-corrected chi connectivity index (χ3v) is 2.02. The van der Waals surface area contributed by atoms with Crippen molar-refractivity contribution in [3.63, 3.8) is 0 Å². The van der Waals surface area contributed by atoms with Crippen molar-refractivity contribution in [3.8, 4) is 0 Å². The first-order valence-electron chi connectivity index (χ1n) is 4.99. The van der Waals surface area contributed by atoms with Crippen LogP contribution in [0.3, 0.4) is 0 Å². The second kappa shape index (κ2) is 5.07. The standard InChI is InChI=1S/C12H13ClN2O2/c1-12(2,3)17-11(16)15-8-5-6-10(14-4)9(13)7-8/h5-7H,1-3H3,(H,15,16). The fraction of sp³-hybridized carbons (Fsp3) is 0.333. The lowest BCUT2D eigenvalue weighted by molar-refractivity contribution is 0.0636. The number of nitrogens with one attached hydrogen (secondary N) is 1. The Morgan fingerprint density at radius 2 is 2.12 bits per heavy atom. The zero-order chi connectivity index (χ0) is 13.1. The molecule has 0 fully saturated rings. The van der Waals surface area contributed by atoms with Crippen LogP contribution in [0.25, 0.3) is 4.85 Å². The van der Waals surface area contributed by atoms with Gasteiger partial charge in [0.25, 0.3) is 0 Å². The predicted molar refractivity (Wildman–Crippen MR) is 67.6 cm³/mol. The third kappa shape index (κ3) is 4.33. The molecule has 0 spiro atoms. The van der Waals surface area contributed by atoms with Crippen LogP contribution >= 0.6 is 11.6 Å². The summed E-state index contributed by atoms with van der Waals surface area (Å²) < 4.78 is 5.08. The summed E-state index contributed by atoms with van der Waals surface area (Å²) in [6.45, 7) is 12.2. The summed E-state index contributed by atoms with van der Waals surface area (Å²) >= 11 is 5.84. The molecule has 0 aliphatic rings. The van der Waals surface area contributed by atoms with Crippen LogP contribution in [0.1, 0.15) is 20.8 Å². The lowest BCUT2D eigenvalue weighted by atomic mass is 10.2. The van der Waals surface area contributed by atoms with Crippen LogP contribution in [0.5, 0.6) is 0 Å². The highest BCUT2D eigenvalue weighted by Crippen LogP contribution is 2.28. The number of carbonyl (C=O) groups is 1. The van der Waals surface area contributed by atoms with Crippen molar-refractivity contribution < 1.29 is 9.53 Å². The summed E-state index contributed by atoms with van der Waals surface area (Å²) in [4.78, 5) is 14.7. The van der Waals surface area contributed by atoms with E-state index >= 15 is 0 Å². The smallest absolute Gasteiger partial charge is 0.412 e. The molecule has 0 heterocycles. The number of hydrogen-bond donors (Lipinski definition) is 1. The summed E-state index contributed by atoms with van der Waals surface area (Å²) in [5, 5.41) is 2.84. The molecule has 0 saturated heterocycles. The summed E-state index contributed by atoms with van der Waals surface area (Å²) in [6.07, 6.45) is -0.552. The van der Waals surface area contributed by atoms with Gasteiger partial charge in [0.15, 0.2) is 0 Å². The number of benzene rings is 1. The van der Waals surface area contributed by atoms with Crippen LogP contribution in [0.2, 0.25) is 5.02 Å². The van der Waals surface area contributed by atoms with Crippen molar-refractivity contribution in [2.45, 2.75) is 26.4 Å². The van der Waals surface area contributed by atoms with Gasteiger partial charge in [-0.25, -0.2) is 9.64 Å². The highest BCUT2D eigenvalue weighted by molar-refractivity contribution is 6.33. The topological polar surface area (TPSA) is 42.7 Å². The van der Waals surface area contributed by atoms with Gasteiger partial charge in [0, 0.05) is 10.7 Å². The van der Waals surface area contributed by atoms with Crippen molar-refractivity contribution in [2.24, 2.45) is 0 Å². The average molecular weight is 253 g/mol. The van der Waals surface area contributed by atoms with Crippen LogP contribution in [-0.2, 0) is 4.74 Å². The van der Waals surface area contributed by atoms with Crippen molar-refractivity contribution in [1.29, 1.82) is 0 Å². The molecule has 0 aliphatic heterocycles. The Hall–Kier alpha value is -1.73. The number of ether oxygens (including phenoxy) is 1. The first-order valence-corrected chi connectivity index (χ1v) is 5.36. The zero-order valence-corrected chi connectivity index (χ0v) is 10.6. The van der Waals surface area contributed by atoms with Crippen molar-refractivity contribution in [3.05, 3.63) is 34.6 Å². The van der Waals surface area contributed by atoms with Crippen molar-refractivity contribution >= 4 is 29.1 Å². The zero-order valence-electron chi connectivity index (χ0n) is 9.87. The third-order valence-electron chi connectivity index (χ3n) is 1.71. The van der Waals surface area contributed by atoms with Crippen LogP contribution < -0.4 is 5.32 Å². The number of nitrogens with zero attached hydrogens (tertiary/aromatic N) is 1. The van der Waals surface area contributed by atoms with E-state index in [1.54, 1.807) is 32.9 Å². The predicted octanol–water partition coefficient (Wildman–Crippen LogP) is 4.24. The molecular weight excluding hydrogens is 240 g/mol. The van der Waals surface area contributed by atoms with Gasteiger partial charge >= 0.3 is 6.09 Å². The molecule has 0 aliphatic carbocycles. The van der Waals surface area contributed by atoms with Gasteiger partial charge in [0.1, 0.15) is 5.60 Å². The lowest BCUT2D eigenvalue weighted by Crippen LogP contribution is -2.27. The Morgan fingerprint density at radius 1 is 1.47 bits per heavy atom. The Balaban J connectivity index is 2.74. The van der Waals surface area contributed by atoms with Crippen LogP contribution in [-0.4, -0.2) is 11.7 Å². The molecule has 1 rings (SSSR count). The van der Waals surface area contributed by atoms with Gasteiger partial charge in [-0.15, -0.1) is 0 Å². The monoisotopic (exact) mass is 252 g/mol. The van der Waals surface area contributed by atoms with Gasteiger partial charge < -0.3 is 4.74 Å². The molecule has 0 bridgehead atoms. The molecule has 0 radical (unpaired) electrons. The van der Waals surface area contributed by atoms with E-state index in [1.165, 1.54) is 6.07 Å². The minimum Gasteiger partial charge on any atom is -0.444 e. The first-order chi connectivity index (χ1) is 7.81. The lowest BCUT2D eigenvalue weighted by Gasteiger charge is -2.19. The number of rotatable bonds is 1. The minimum absolute atomic E-state index is 0.300. The molecule has 1 N–H and O–H groups in total. The molecule has 5 heteroatoms. The number of halogens is 1. The highest BCUT2D eigenvalue weighted by atomic mass is 35.5. The van der Waals surface area contributed by atoms with E-state index in [0.717, 1.165) is 0 Å². The molecule has 0 saturated carbocycles. The summed E-state index contributed by atoms with van der Waals surface area (Å²) in [5.74, 6) is 0. The molecule has 1 aromatic rings. The summed E-state index contributed by atoms with van der Waals surface area (Å²) in [5.41, 5.74) is 0.294. The highest BCUT2D eigenvalue weighted by Gasteiger charge is 2.16. The van der Waals surface area contributed by atoms with Gasteiger partial charge in [0.05, 0.1) is 6.57 Å². The second-order valence-corrected chi connectivity index (χ2v) is 4.81. The molecule has 0 aromatic heterocycles. The van der Waals surface area contributed by atoms with E-state index in [4.69, 9.17) is 22.9 Å². The molecule has 1 amide bonds.